The van der Waals surface area contributed by atoms with Crippen LogP contribution in [0.5, 0.6) is 0 Å². The van der Waals surface area contributed by atoms with Gasteiger partial charge in [0.05, 0.1) is 5.60 Å². The van der Waals surface area contributed by atoms with Crippen molar-refractivity contribution in [3.8, 4) is 33.2 Å². The van der Waals surface area contributed by atoms with Crippen molar-refractivity contribution < 1.29 is 13.9 Å². The SMILES string of the molecule is CC(C)(O)CCc1nc(-c2ccc(F)cc2)c(-c2ncnc3sc(-c4ccccc4)cc23)o1. The maximum atomic E-state index is 13.6. The quantitative estimate of drug-likeness (QED) is 0.313. The van der Waals surface area contributed by atoms with Gasteiger partial charge in [0.15, 0.2) is 11.7 Å². The lowest BCUT2D eigenvalue weighted by Gasteiger charge is -2.14. The fourth-order valence-corrected chi connectivity index (χ4v) is 4.63. The number of aryl methyl sites for hydroxylation is 1. The molecule has 7 heteroatoms. The van der Waals surface area contributed by atoms with Crippen LogP contribution in [-0.2, 0) is 6.42 Å². The molecule has 1 N–H and O–H groups in total. The van der Waals surface area contributed by atoms with Gasteiger partial charge < -0.3 is 9.52 Å². The molecule has 33 heavy (non-hydrogen) atoms. The Balaban J connectivity index is 1.65. The van der Waals surface area contributed by atoms with Gasteiger partial charge in [0, 0.05) is 22.2 Å². The minimum atomic E-state index is -0.842. The van der Waals surface area contributed by atoms with Crippen LogP contribution in [0.2, 0.25) is 0 Å². The van der Waals surface area contributed by atoms with Crippen molar-refractivity contribution in [2.24, 2.45) is 0 Å². The molecular weight excluding hydrogens is 437 g/mol. The maximum absolute atomic E-state index is 13.6. The normalized spacial score (nSPS) is 11.9. The van der Waals surface area contributed by atoms with Crippen LogP contribution in [0.15, 0.2) is 71.4 Å². The third-order valence-corrected chi connectivity index (χ3v) is 6.43. The van der Waals surface area contributed by atoms with Crippen LogP contribution >= 0.6 is 11.3 Å². The summed E-state index contributed by atoms with van der Waals surface area (Å²) in [6.07, 6.45) is 2.48. The van der Waals surface area contributed by atoms with Gasteiger partial charge >= 0.3 is 0 Å². The first-order chi connectivity index (χ1) is 15.9. The molecular formula is C26H22FN3O2S. The van der Waals surface area contributed by atoms with Crippen molar-refractivity contribution in [2.75, 3.05) is 0 Å². The van der Waals surface area contributed by atoms with Gasteiger partial charge in [-0.05, 0) is 56.2 Å². The fraction of sp³-hybridized carbons (Fsp3) is 0.192. The third kappa shape index (κ3) is 4.55. The first-order valence-electron chi connectivity index (χ1n) is 10.7. The van der Waals surface area contributed by atoms with E-state index >= 15 is 0 Å². The summed E-state index contributed by atoms with van der Waals surface area (Å²) in [5.41, 5.74) is 2.22. The van der Waals surface area contributed by atoms with Crippen molar-refractivity contribution >= 4 is 21.6 Å². The second kappa shape index (κ2) is 8.50. The van der Waals surface area contributed by atoms with Crippen LogP contribution in [0.3, 0.4) is 0 Å². The van der Waals surface area contributed by atoms with Crippen LogP contribution in [-0.4, -0.2) is 25.7 Å². The van der Waals surface area contributed by atoms with E-state index in [2.05, 4.69) is 28.2 Å². The molecule has 5 aromatic rings. The number of benzene rings is 2. The molecule has 0 spiro atoms. The molecule has 0 radical (unpaired) electrons. The number of hydrogen-bond donors (Lipinski definition) is 1. The molecule has 0 fully saturated rings. The van der Waals surface area contributed by atoms with E-state index in [-0.39, 0.29) is 5.82 Å². The molecule has 0 saturated carbocycles. The van der Waals surface area contributed by atoms with Crippen molar-refractivity contribution in [1.82, 2.24) is 15.0 Å². The lowest BCUT2D eigenvalue weighted by atomic mass is 10.0. The van der Waals surface area contributed by atoms with E-state index in [0.29, 0.717) is 35.9 Å². The Bertz CT molecular complexity index is 1400. The van der Waals surface area contributed by atoms with Crippen LogP contribution < -0.4 is 0 Å². The Morgan fingerprint density at radius 3 is 2.45 bits per heavy atom. The van der Waals surface area contributed by atoms with Gasteiger partial charge in [0.25, 0.3) is 0 Å². The predicted octanol–water partition coefficient (Wildman–Crippen LogP) is 6.52. The van der Waals surface area contributed by atoms with Crippen molar-refractivity contribution in [3.05, 3.63) is 78.7 Å². The molecule has 3 heterocycles. The number of nitrogens with zero attached hydrogens (tertiary/aromatic N) is 3. The Labute approximate surface area is 194 Å². The second-order valence-electron chi connectivity index (χ2n) is 8.52. The highest BCUT2D eigenvalue weighted by atomic mass is 32.1. The predicted molar refractivity (Wildman–Crippen MR) is 128 cm³/mol. The summed E-state index contributed by atoms with van der Waals surface area (Å²) in [7, 11) is 0. The Kier molecular flexibility index (Phi) is 5.52. The van der Waals surface area contributed by atoms with Crippen molar-refractivity contribution in [3.63, 3.8) is 0 Å². The number of oxazole rings is 1. The number of hydrogen-bond acceptors (Lipinski definition) is 6. The molecule has 0 aliphatic heterocycles. The van der Waals surface area contributed by atoms with Gasteiger partial charge in [0.2, 0.25) is 0 Å². The highest BCUT2D eigenvalue weighted by Crippen LogP contribution is 2.40. The molecule has 0 aliphatic carbocycles. The summed E-state index contributed by atoms with van der Waals surface area (Å²) in [6, 6.07) is 18.3. The zero-order valence-corrected chi connectivity index (χ0v) is 19.1. The molecule has 0 amide bonds. The zero-order valence-electron chi connectivity index (χ0n) is 18.2. The number of halogens is 1. The van der Waals surface area contributed by atoms with Crippen LogP contribution in [0, 0.1) is 5.82 Å². The summed E-state index contributed by atoms with van der Waals surface area (Å²) >= 11 is 1.59. The maximum Gasteiger partial charge on any atom is 0.195 e. The number of aromatic nitrogens is 3. The van der Waals surface area contributed by atoms with E-state index < -0.39 is 5.60 Å². The molecule has 0 bridgehead atoms. The van der Waals surface area contributed by atoms with Gasteiger partial charge in [-0.3, -0.25) is 0 Å². The monoisotopic (exact) mass is 459 g/mol. The average Bonchev–Trinajstić information content (AvgIpc) is 3.43. The molecule has 5 rings (SSSR count). The van der Waals surface area contributed by atoms with E-state index in [9.17, 15) is 9.50 Å². The van der Waals surface area contributed by atoms with Crippen LogP contribution in [0.25, 0.3) is 43.4 Å². The summed E-state index contributed by atoms with van der Waals surface area (Å²) in [4.78, 5) is 15.6. The van der Waals surface area contributed by atoms with Gasteiger partial charge in [-0.1, -0.05) is 30.3 Å². The second-order valence-corrected chi connectivity index (χ2v) is 9.55. The molecule has 2 aromatic carbocycles. The standard InChI is InChI=1S/C26H22FN3O2S/c1-26(2,31)13-12-21-30-22(17-8-10-18(27)11-9-17)24(32-21)23-19-14-20(16-6-4-3-5-7-16)33-25(19)29-15-28-23/h3-11,14-15,31H,12-13H2,1-2H3. The summed E-state index contributed by atoms with van der Waals surface area (Å²) < 4.78 is 19.8. The summed E-state index contributed by atoms with van der Waals surface area (Å²) in [5, 5.41) is 11.0. The Morgan fingerprint density at radius 2 is 1.73 bits per heavy atom. The lowest BCUT2D eigenvalue weighted by Crippen LogP contribution is -2.19. The van der Waals surface area contributed by atoms with E-state index in [0.717, 1.165) is 26.2 Å². The number of aliphatic hydroxyl groups is 1. The molecule has 0 aliphatic rings. The van der Waals surface area contributed by atoms with Crippen molar-refractivity contribution in [2.45, 2.75) is 32.3 Å². The smallest absolute Gasteiger partial charge is 0.195 e. The Morgan fingerprint density at radius 1 is 0.970 bits per heavy atom. The lowest BCUT2D eigenvalue weighted by molar-refractivity contribution is 0.0695. The van der Waals surface area contributed by atoms with Gasteiger partial charge in [0.1, 0.15) is 28.4 Å². The molecule has 0 saturated heterocycles. The number of thiophene rings is 1. The molecule has 5 nitrogen and oxygen atoms in total. The van der Waals surface area contributed by atoms with Gasteiger partial charge in [-0.25, -0.2) is 19.3 Å². The van der Waals surface area contributed by atoms with Crippen LogP contribution in [0.4, 0.5) is 4.39 Å². The summed E-state index contributed by atoms with van der Waals surface area (Å²) in [6.45, 7) is 3.50. The first-order valence-corrected chi connectivity index (χ1v) is 11.5. The van der Waals surface area contributed by atoms with E-state index in [1.165, 1.54) is 18.5 Å². The van der Waals surface area contributed by atoms with Crippen LogP contribution in [0.1, 0.15) is 26.2 Å². The van der Waals surface area contributed by atoms with E-state index in [1.54, 1.807) is 37.3 Å². The molecule has 0 atom stereocenters. The zero-order chi connectivity index (χ0) is 23.0. The highest BCUT2D eigenvalue weighted by molar-refractivity contribution is 7.21. The largest absolute Gasteiger partial charge is 0.438 e. The van der Waals surface area contributed by atoms with Gasteiger partial charge in [-0.15, -0.1) is 11.3 Å². The number of rotatable bonds is 6. The number of fused-ring (bicyclic) bond motifs is 1. The van der Waals surface area contributed by atoms with E-state index in [4.69, 9.17) is 9.40 Å². The minimum Gasteiger partial charge on any atom is -0.438 e. The first kappa shape index (κ1) is 21.4. The molecule has 3 aromatic heterocycles. The van der Waals surface area contributed by atoms with E-state index in [1.807, 2.05) is 18.2 Å². The average molecular weight is 460 g/mol. The molecule has 0 unspecified atom stereocenters. The molecule has 166 valence electrons. The van der Waals surface area contributed by atoms with Crippen molar-refractivity contribution in [1.29, 1.82) is 0 Å². The topological polar surface area (TPSA) is 72.0 Å². The third-order valence-electron chi connectivity index (χ3n) is 5.34. The Hall–Kier alpha value is -3.42. The summed E-state index contributed by atoms with van der Waals surface area (Å²) in [5.74, 6) is 0.690. The highest BCUT2D eigenvalue weighted by Gasteiger charge is 2.23. The minimum absolute atomic E-state index is 0.319. The fourth-order valence-electron chi connectivity index (χ4n) is 3.63. The van der Waals surface area contributed by atoms with Gasteiger partial charge in [-0.2, -0.15) is 0 Å².